The van der Waals surface area contributed by atoms with E-state index in [0.29, 0.717) is 23.4 Å². The first-order chi connectivity index (χ1) is 8.34. The Morgan fingerprint density at radius 1 is 1.22 bits per heavy atom. The van der Waals surface area contributed by atoms with Crippen LogP contribution in [-0.2, 0) is 9.84 Å². The number of rotatable bonds is 6. The van der Waals surface area contributed by atoms with Gasteiger partial charge >= 0.3 is 0 Å². The van der Waals surface area contributed by atoms with Gasteiger partial charge in [0.2, 0.25) is 0 Å². The Bertz CT molecular complexity index is 466. The van der Waals surface area contributed by atoms with Crippen LogP contribution in [0.4, 0.5) is 5.69 Å². The summed E-state index contributed by atoms with van der Waals surface area (Å²) < 4.78 is 22.7. The molecule has 0 aliphatic heterocycles. The van der Waals surface area contributed by atoms with Crippen LogP contribution < -0.4 is 11.1 Å². The summed E-state index contributed by atoms with van der Waals surface area (Å²) in [7, 11) is -3.12. The molecule has 18 heavy (non-hydrogen) atoms. The van der Waals surface area contributed by atoms with Gasteiger partial charge in [-0.2, -0.15) is 0 Å². The Hall–Kier alpha value is -1.07. The fraction of sp³-hybridized carbons (Fsp3) is 0.538. The summed E-state index contributed by atoms with van der Waals surface area (Å²) in [6.07, 6.45) is 2.10. The first-order valence-electron chi connectivity index (χ1n) is 6.11. The van der Waals surface area contributed by atoms with Crippen molar-refractivity contribution in [2.45, 2.75) is 31.2 Å². The first-order valence-corrected chi connectivity index (χ1v) is 8.00. The summed E-state index contributed by atoms with van der Waals surface area (Å²) >= 11 is 0. The van der Waals surface area contributed by atoms with Gasteiger partial charge in [-0.3, -0.25) is 0 Å². The second-order valence-corrected chi connectivity index (χ2v) is 6.88. The number of anilines is 1. The Balaban J connectivity index is 2.79. The van der Waals surface area contributed by atoms with Crippen molar-refractivity contribution in [3.05, 3.63) is 24.3 Å². The molecule has 1 aromatic rings. The van der Waals surface area contributed by atoms with Crippen LogP contribution in [0.3, 0.4) is 0 Å². The summed E-state index contributed by atoms with van der Waals surface area (Å²) in [5.74, 6) is 0.475. The van der Waals surface area contributed by atoms with Gasteiger partial charge in [-0.1, -0.05) is 13.8 Å². The Morgan fingerprint density at radius 3 is 2.17 bits per heavy atom. The fourth-order valence-corrected chi connectivity index (χ4v) is 2.39. The Kier molecular flexibility index (Phi) is 5.16. The van der Waals surface area contributed by atoms with E-state index in [1.807, 2.05) is 0 Å². The van der Waals surface area contributed by atoms with E-state index in [4.69, 9.17) is 5.73 Å². The minimum atomic E-state index is -3.12. The van der Waals surface area contributed by atoms with E-state index in [1.165, 1.54) is 6.26 Å². The minimum Gasteiger partial charge on any atom is -0.382 e. The van der Waals surface area contributed by atoms with Crippen molar-refractivity contribution in [2.24, 2.45) is 11.7 Å². The van der Waals surface area contributed by atoms with E-state index >= 15 is 0 Å². The van der Waals surface area contributed by atoms with E-state index in [2.05, 4.69) is 19.2 Å². The number of nitrogens with one attached hydrogen (secondary N) is 1. The zero-order valence-electron chi connectivity index (χ0n) is 11.2. The number of hydrogen-bond donors (Lipinski definition) is 2. The molecule has 5 heteroatoms. The Morgan fingerprint density at radius 2 is 1.78 bits per heavy atom. The minimum absolute atomic E-state index is 0.305. The van der Waals surface area contributed by atoms with Gasteiger partial charge in [0.05, 0.1) is 4.90 Å². The van der Waals surface area contributed by atoms with Crippen LogP contribution in [0.25, 0.3) is 0 Å². The lowest BCUT2D eigenvalue weighted by atomic mass is 10.0. The molecular formula is C13H22N2O2S. The predicted octanol–water partition coefficient (Wildman–Crippen LogP) is 1.88. The van der Waals surface area contributed by atoms with E-state index in [9.17, 15) is 8.42 Å². The summed E-state index contributed by atoms with van der Waals surface area (Å²) in [5.41, 5.74) is 6.51. The zero-order chi connectivity index (χ0) is 13.8. The molecule has 1 atom stereocenters. The largest absolute Gasteiger partial charge is 0.382 e. The number of sulfone groups is 1. The van der Waals surface area contributed by atoms with Crippen molar-refractivity contribution in [3.8, 4) is 0 Å². The van der Waals surface area contributed by atoms with Gasteiger partial charge in [-0.05, 0) is 43.1 Å². The molecule has 0 aliphatic carbocycles. The average Bonchev–Trinajstić information content (AvgIpc) is 2.28. The number of benzene rings is 1. The van der Waals surface area contributed by atoms with Crippen molar-refractivity contribution in [1.82, 2.24) is 0 Å². The fourth-order valence-electron chi connectivity index (χ4n) is 1.76. The van der Waals surface area contributed by atoms with Crippen LogP contribution >= 0.6 is 0 Å². The lowest BCUT2D eigenvalue weighted by Crippen LogP contribution is -2.28. The third kappa shape index (κ3) is 4.31. The van der Waals surface area contributed by atoms with Gasteiger partial charge in [0.25, 0.3) is 0 Å². The van der Waals surface area contributed by atoms with Gasteiger partial charge in [-0.15, -0.1) is 0 Å². The third-order valence-electron chi connectivity index (χ3n) is 2.92. The van der Waals surface area contributed by atoms with Crippen LogP contribution in [0, 0.1) is 5.92 Å². The summed E-state index contributed by atoms with van der Waals surface area (Å²) in [6.45, 7) is 4.91. The highest BCUT2D eigenvalue weighted by Crippen LogP contribution is 2.17. The highest BCUT2D eigenvalue weighted by molar-refractivity contribution is 7.90. The summed E-state index contributed by atoms with van der Waals surface area (Å²) in [4.78, 5) is 0.341. The predicted molar refractivity (Wildman–Crippen MR) is 75.5 cm³/mol. The average molecular weight is 270 g/mol. The van der Waals surface area contributed by atoms with Crippen molar-refractivity contribution in [3.63, 3.8) is 0 Å². The highest BCUT2D eigenvalue weighted by Gasteiger charge is 2.12. The SMILES string of the molecule is CC(C)C(CCN)Nc1ccc(S(C)(=O)=O)cc1. The molecule has 0 fully saturated rings. The third-order valence-corrected chi connectivity index (χ3v) is 4.05. The molecule has 0 aliphatic rings. The zero-order valence-corrected chi connectivity index (χ0v) is 12.0. The monoisotopic (exact) mass is 270 g/mol. The van der Waals surface area contributed by atoms with Crippen molar-refractivity contribution in [1.29, 1.82) is 0 Å². The van der Waals surface area contributed by atoms with Gasteiger partial charge in [0.1, 0.15) is 0 Å². The molecule has 0 radical (unpaired) electrons. The quantitative estimate of drug-likeness (QED) is 0.828. The van der Waals surface area contributed by atoms with Crippen LogP contribution in [0.1, 0.15) is 20.3 Å². The standard InChI is InChI=1S/C13H22N2O2S/c1-10(2)13(8-9-14)15-11-4-6-12(7-5-11)18(3,16)17/h4-7,10,13,15H,8-9,14H2,1-3H3. The molecule has 0 saturated carbocycles. The maximum atomic E-state index is 11.3. The summed E-state index contributed by atoms with van der Waals surface area (Å²) in [6, 6.07) is 7.14. The Labute approximate surface area is 110 Å². The number of nitrogens with two attached hydrogens (primary N) is 1. The maximum absolute atomic E-state index is 11.3. The van der Waals surface area contributed by atoms with Crippen LogP contribution in [-0.4, -0.2) is 27.3 Å². The second-order valence-electron chi connectivity index (χ2n) is 4.87. The second kappa shape index (κ2) is 6.20. The molecule has 0 spiro atoms. The molecule has 102 valence electrons. The molecular weight excluding hydrogens is 248 g/mol. The van der Waals surface area contributed by atoms with Crippen LogP contribution in [0.2, 0.25) is 0 Å². The van der Waals surface area contributed by atoms with E-state index < -0.39 is 9.84 Å². The van der Waals surface area contributed by atoms with Gasteiger partial charge < -0.3 is 11.1 Å². The van der Waals surface area contributed by atoms with Gasteiger partial charge in [0.15, 0.2) is 9.84 Å². The molecule has 1 aromatic carbocycles. The van der Waals surface area contributed by atoms with Crippen molar-refractivity contribution in [2.75, 3.05) is 18.1 Å². The molecule has 4 nitrogen and oxygen atoms in total. The van der Waals surface area contributed by atoms with Crippen molar-refractivity contribution < 1.29 is 8.42 Å². The molecule has 0 bridgehead atoms. The normalized spacial score (nSPS) is 13.6. The lowest BCUT2D eigenvalue weighted by molar-refractivity contribution is 0.499. The van der Waals surface area contributed by atoms with Crippen LogP contribution in [0.5, 0.6) is 0 Å². The molecule has 1 rings (SSSR count). The lowest BCUT2D eigenvalue weighted by Gasteiger charge is -2.23. The van der Waals surface area contributed by atoms with Gasteiger partial charge in [-0.25, -0.2) is 8.42 Å². The van der Waals surface area contributed by atoms with E-state index in [1.54, 1.807) is 24.3 Å². The molecule has 1 unspecified atom stereocenters. The number of hydrogen-bond acceptors (Lipinski definition) is 4. The molecule has 0 amide bonds. The maximum Gasteiger partial charge on any atom is 0.175 e. The van der Waals surface area contributed by atoms with Crippen molar-refractivity contribution >= 4 is 15.5 Å². The molecule has 3 N–H and O–H groups in total. The highest BCUT2D eigenvalue weighted by atomic mass is 32.2. The first kappa shape index (κ1) is 15.0. The van der Waals surface area contributed by atoms with Gasteiger partial charge in [0, 0.05) is 18.0 Å². The van der Waals surface area contributed by atoms with E-state index in [-0.39, 0.29) is 0 Å². The molecule has 0 saturated heterocycles. The molecule has 0 aromatic heterocycles. The summed E-state index contributed by atoms with van der Waals surface area (Å²) in [5, 5.41) is 3.38. The smallest absolute Gasteiger partial charge is 0.175 e. The molecule has 0 heterocycles. The topological polar surface area (TPSA) is 72.2 Å². The van der Waals surface area contributed by atoms with E-state index in [0.717, 1.165) is 12.1 Å². The van der Waals surface area contributed by atoms with Crippen LogP contribution in [0.15, 0.2) is 29.2 Å².